The highest BCUT2D eigenvalue weighted by Gasteiger charge is 2.17. The number of likely N-dealkylation sites (tertiary alicyclic amines) is 1. The van der Waals surface area contributed by atoms with Crippen molar-refractivity contribution in [2.24, 2.45) is 5.92 Å². The van der Waals surface area contributed by atoms with E-state index >= 15 is 0 Å². The molecule has 0 bridgehead atoms. The Morgan fingerprint density at radius 3 is 2.92 bits per heavy atom. The fraction of sp³-hybridized carbons (Fsp3) is 0.556. The number of nitrogens with zero attached hydrogens (tertiary/aromatic N) is 2. The molecule has 2 aromatic rings. The van der Waals surface area contributed by atoms with Crippen LogP contribution in [-0.4, -0.2) is 42.0 Å². The van der Waals surface area contributed by atoms with Gasteiger partial charge in [-0.1, -0.05) is 6.92 Å². The van der Waals surface area contributed by atoms with Crippen LogP contribution in [0.5, 0.6) is 0 Å². The molecular formula is C18H25N3OS2. The summed E-state index contributed by atoms with van der Waals surface area (Å²) >= 11 is 3.13. The number of thiazole rings is 1. The molecule has 4 nitrogen and oxygen atoms in total. The van der Waals surface area contributed by atoms with Crippen LogP contribution in [0.15, 0.2) is 16.8 Å². The lowest BCUT2D eigenvalue weighted by molar-refractivity contribution is 0.0954. The second-order valence-electron chi connectivity index (χ2n) is 6.58. The zero-order valence-electron chi connectivity index (χ0n) is 14.4. The highest BCUT2D eigenvalue weighted by Crippen LogP contribution is 2.29. The maximum Gasteiger partial charge on any atom is 0.263 e. The van der Waals surface area contributed by atoms with Gasteiger partial charge in [-0.05, 0) is 63.2 Å². The zero-order chi connectivity index (χ0) is 16.9. The van der Waals surface area contributed by atoms with Crippen LogP contribution in [0.4, 0.5) is 0 Å². The number of hydrogen-bond donors (Lipinski definition) is 1. The molecule has 6 heteroatoms. The van der Waals surface area contributed by atoms with Gasteiger partial charge in [0.05, 0.1) is 5.69 Å². The Bertz CT molecular complexity index is 658. The van der Waals surface area contributed by atoms with Crippen molar-refractivity contribution in [1.29, 1.82) is 0 Å². The smallest absolute Gasteiger partial charge is 0.263 e. The molecule has 1 saturated heterocycles. The minimum absolute atomic E-state index is 0.0127. The first-order valence-electron chi connectivity index (χ1n) is 8.64. The van der Waals surface area contributed by atoms with Crippen LogP contribution < -0.4 is 5.32 Å². The first-order valence-corrected chi connectivity index (χ1v) is 10.4. The maximum absolute atomic E-state index is 12.4. The topological polar surface area (TPSA) is 45.2 Å². The van der Waals surface area contributed by atoms with Crippen molar-refractivity contribution >= 4 is 28.6 Å². The van der Waals surface area contributed by atoms with Gasteiger partial charge in [-0.2, -0.15) is 11.3 Å². The number of aromatic nitrogens is 1. The lowest BCUT2D eigenvalue weighted by Gasteiger charge is -2.30. The number of nitrogens with one attached hydrogen (secondary N) is 1. The number of amides is 1. The molecule has 1 amide bonds. The van der Waals surface area contributed by atoms with Crippen LogP contribution in [0.1, 0.15) is 41.6 Å². The molecule has 2 aromatic heterocycles. The molecule has 1 fully saturated rings. The van der Waals surface area contributed by atoms with Crippen LogP contribution in [-0.2, 0) is 0 Å². The molecule has 3 heterocycles. The number of piperidine rings is 1. The van der Waals surface area contributed by atoms with Crippen molar-refractivity contribution in [2.45, 2.75) is 33.1 Å². The van der Waals surface area contributed by atoms with Crippen molar-refractivity contribution in [3.63, 3.8) is 0 Å². The summed E-state index contributed by atoms with van der Waals surface area (Å²) in [6, 6.07) is 2.05. The molecule has 130 valence electrons. The zero-order valence-corrected chi connectivity index (χ0v) is 16.0. The maximum atomic E-state index is 12.4. The van der Waals surface area contributed by atoms with Crippen LogP contribution in [0.2, 0.25) is 0 Å². The van der Waals surface area contributed by atoms with Crippen molar-refractivity contribution in [1.82, 2.24) is 15.2 Å². The lowest BCUT2D eigenvalue weighted by Crippen LogP contribution is -2.35. The van der Waals surface area contributed by atoms with Gasteiger partial charge in [0.15, 0.2) is 0 Å². The van der Waals surface area contributed by atoms with E-state index < -0.39 is 0 Å². The van der Waals surface area contributed by atoms with E-state index in [1.807, 2.05) is 18.4 Å². The number of carbonyl (C=O) groups excluding carboxylic acids is 1. The molecule has 1 N–H and O–H groups in total. The minimum atomic E-state index is 0.0127. The van der Waals surface area contributed by atoms with E-state index in [2.05, 4.69) is 27.5 Å². The summed E-state index contributed by atoms with van der Waals surface area (Å²) in [6.07, 6.45) is 3.62. The van der Waals surface area contributed by atoms with E-state index in [1.165, 1.54) is 37.3 Å². The number of carbonyl (C=O) groups is 1. The van der Waals surface area contributed by atoms with E-state index in [0.717, 1.165) is 46.6 Å². The summed E-state index contributed by atoms with van der Waals surface area (Å²) in [6.45, 7) is 8.46. The summed E-state index contributed by atoms with van der Waals surface area (Å²) < 4.78 is 0. The van der Waals surface area contributed by atoms with Crippen molar-refractivity contribution in [3.05, 3.63) is 27.4 Å². The summed E-state index contributed by atoms with van der Waals surface area (Å²) in [4.78, 5) is 20.2. The Kier molecular flexibility index (Phi) is 6.03. The quantitative estimate of drug-likeness (QED) is 0.788. The summed E-state index contributed by atoms with van der Waals surface area (Å²) in [7, 11) is 0. The van der Waals surface area contributed by atoms with Crippen molar-refractivity contribution in [3.8, 4) is 10.6 Å². The van der Waals surface area contributed by atoms with E-state index in [-0.39, 0.29) is 5.91 Å². The SMILES string of the molecule is Cc1nc(-c2ccsc2)sc1C(=O)NCCCN1CCC(C)CC1. The van der Waals surface area contributed by atoms with Gasteiger partial charge in [-0.25, -0.2) is 4.98 Å². The molecule has 1 aliphatic heterocycles. The molecule has 3 rings (SSSR count). The van der Waals surface area contributed by atoms with Crippen molar-refractivity contribution in [2.75, 3.05) is 26.2 Å². The third-order valence-corrected chi connectivity index (χ3v) is 6.47. The highest BCUT2D eigenvalue weighted by atomic mass is 32.1. The van der Waals surface area contributed by atoms with Gasteiger partial charge >= 0.3 is 0 Å². The molecular weight excluding hydrogens is 338 g/mol. The fourth-order valence-electron chi connectivity index (χ4n) is 2.99. The summed E-state index contributed by atoms with van der Waals surface area (Å²) in [5.41, 5.74) is 1.93. The molecule has 0 saturated carbocycles. The van der Waals surface area contributed by atoms with Gasteiger partial charge in [0, 0.05) is 17.5 Å². The third kappa shape index (κ3) is 4.43. The first kappa shape index (κ1) is 17.6. The minimum Gasteiger partial charge on any atom is -0.351 e. The van der Waals surface area contributed by atoms with Crippen LogP contribution in [0, 0.1) is 12.8 Å². The Balaban J connectivity index is 1.45. The molecule has 0 unspecified atom stereocenters. The third-order valence-electron chi connectivity index (χ3n) is 4.58. The van der Waals surface area contributed by atoms with E-state index in [4.69, 9.17) is 0 Å². The first-order chi connectivity index (χ1) is 11.6. The Hall–Kier alpha value is -1.24. The average Bonchev–Trinajstić information content (AvgIpc) is 3.22. The molecule has 0 aromatic carbocycles. The van der Waals surface area contributed by atoms with Crippen LogP contribution >= 0.6 is 22.7 Å². The predicted octanol–water partition coefficient (Wildman–Crippen LogP) is 4.03. The monoisotopic (exact) mass is 363 g/mol. The van der Waals surface area contributed by atoms with Gasteiger partial charge < -0.3 is 10.2 Å². The van der Waals surface area contributed by atoms with Gasteiger partial charge in [-0.3, -0.25) is 4.79 Å². The number of rotatable bonds is 6. The Morgan fingerprint density at radius 1 is 1.42 bits per heavy atom. The second-order valence-corrected chi connectivity index (χ2v) is 8.36. The lowest BCUT2D eigenvalue weighted by atomic mass is 9.99. The number of thiophene rings is 1. The Morgan fingerprint density at radius 2 is 2.21 bits per heavy atom. The van der Waals surface area contributed by atoms with E-state index in [9.17, 15) is 4.79 Å². The molecule has 0 spiro atoms. The van der Waals surface area contributed by atoms with Gasteiger partial charge in [-0.15, -0.1) is 11.3 Å². The molecule has 24 heavy (non-hydrogen) atoms. The predicted molar refractivity (Wildman–Crippen MR) is 102 cm³/mol. The summed E-state index contributed by atoms with van der Waals surface area (Å²) in [5.74, 6) is 0.881. The van der Waals surface area contributed by atoms with Gasteiger partial charge in [0.2, 0.25) is 0 Å². The normalized spacial score (nSPS) is 16.4. The van der Waals surface area contributed by atoms with E-state index in [0.29, 0.717) is 0 Å². The van der Waals surface area contributed by atoms with E-state index in [1.54, 1.807) is 11.3 Å². The molecule has 1 aliphatic rings. The Labute approximate surface area is 151 Å². The summed E-state index contributed by atoms with van der Waals surface area (Å²) in [5, 5.41) is 8.09. The van der Waals surface area contributed by atoms with Crippen LogP contribution in [0.25, 0.3) is 10.6 Å². The molecule has 0 radical (unpaired) electrons. The highest BCUT2D eigenvalue weighted by molar-refractivity contribution is 7.17. The largest absolute Gasteiger partial charge is 0.351 e. The second kappa shape index (κ2) is 8.23. The molecule has 0 aliphatic carbocycles. The average molecular weight is 364 g/mol. The van der Waals surface area contributed by atoms with Crippen molar-refractivity contribution < 1.29 is 4.79 Å². The van der Waals surface area contributed by atoms with Crippen LogP contribution in [0.3, 0.4) is 0 Å². The number of hydrogen-bond acceptors (Lipinski definition) is 5. The number of aryl methyl sites for hydroxylation is 1. The fourth-order valence-corrected chi connectivity index (χ4v) is 4.68. The van der Waals surface area contributed by atoms with Gasteiger partial charge in [0.1, 0.15) is 9.88 Å². The standard InChI is InChI=1S/C18H25N3OS2/c1-13-4-9-21(10-5-13)8-3-7-19-17(22)16-14(2)20-18(24-16)15-6-11-23-12-15/h6,11-13H,3-5,7-10H2,1-2H3,(H,19,22). The molecule has 0 atom stereocenters. The van der Waals surface area contributed by atoms with Gasteiger partial charge in [0.25, 0.3) is 5.91 Å².